The fraction of sp³-hybridized carbons (Fsp3) is 0.455. The van der Waals surface area contributed by atoms with Gasteiger partial charge in [0.1, 0.15) is 11.1 Å². The molecule has 1 aliphatic heterocycles. The molecule has 0 aliphatic carbocycles. The van der Waals surface area contributed by atoms with E-state index in [0.29, 0.717) is 17.9 Å². The Morgan fingerprint density at radius 3 is 2.58 bits per heavy atom. The maximum Gasteiger partial charge on any atom is 0.347 e. The van der Waals surface area contributed by atoms with Crippen molar-refractivity contribution in [1.82, 2.24) is 0 Å². The van der Waals surface area contributed by atoms with Crippen molar-refractivity contribution >= 4 is 28.0 Å². The zero-order valence-electron chi connectivity index (χ0n) is 16.5. The number of nitrogens with zero attached hydrogens (tertiary/aromatic N) is 1. The average Bonchev–Trinajstić information content (AvgIpc) is 2.55. The number of carbonyl (C=O) groups is 1. The number of benzene rings is 1. The molecule has 0 unspecified atom stereocenters. The fourth-order valence-corrected chi connectivity index (χ4v) is 3.51. The van der Waals surface area contributed by atoms with E-state index in [0.717, 1.165) is 23.1 Å². The molecule has 4 heteroatoms. The first-order valence-corrected chi connectivity index (χ1v) is 9.19. The molecule has 0 saturated heterocycles. The summed E-state index contributed by atoms with van der Waals surface area (Å²) in [6.45, 7) is 10.5. The summed E-state index contributed by atoms with van der Waals surface area (Å²) in [4.78, 5) is 26.9. The number of anilines is 1. The first-order valence-electron chi connectivity index (χ1n) is 9.19. The molecule has 1 aromatic carbocycles. The highest BCUT2D eigenvalue weighted by atomic mass is 16.4. The number of hydrogen-bond donors (Lipinski definition) is 0. The lowest BCUT2D eigenvalue weighted by Crippen LogP contribution is -2.42. The van der Waals surface area contributed by atoms with Gasteiger partial charge in [0.2, 0.25) is 0 Å². The number of hydrogen-bond acceptors (Lipinski definition) is 4. The summed E-state index contributed by atoms with van der Waals surface area (Å²) in [6, 6.07) is 5.62. The first kappa shape index (κ1) is 18.4. The molecule has 138 valence electrons. The standard InChI is InChI=1S/C22H27NO3/c1-13(2)7-8-19(24)17-10-15-9-16-14(3)12-22(4,5)23(6)18(16)11-20(15)26-21(17)25/h9-13H,7-8H2,1-6H3. The zero-order chi connectivity index (χ0) is 19.2. The second kappa shape index (κ2) is 6.42. The highest BCUT2D eigenvalue weighted by Crippen LogP contribution is 2.39. The van der Waals surface area contributed by atoms with Crippen molar-refractivity contribution in [2.24, 2.45) is 5.92 Å². The van der Waals surface area contributed by atoms with Crippen LogP contribution in [0, 0.1) is 5.92 Å². The molecular weight excluding hydrogens is 326 g/mol. The van der Waals surface area contributed by atoms with Gasteiger partial charge in [-0.3, -0.25) is 4.79 Å². The van der Waals surface area contributed by atoms with Gasteiger partial charge in [-0.1, -0.05) is 19.9 Å². The largest absolute Gasteiger partial charge is 0.422 e. The lowest BCUT2D eigenvalue weighted by Gasteiger charge is -2.40. The molecule has 0 N–H and O–H groups in total. The molecule has 0 spiro atoms. The van der Waals surface area contributed by atoms with Crippen molar-refractivity contribution in [2.75, 3.05) is 11.9 Å². The number of Topliss-reactive ketones (excluding diaryl/α,β-unsaturated/α-hetero) is 1. The van der Waals surface area contributed by atoms with Crippen molar-refractivity contribution in [3.05, 3.63) is 45.8 Å². The van der Waals surface area contributed by atoms with Crippen LogP contribution in [0.2, 0.25) is 0 Å². The maximum absolute atomic E-state index is 12.4. The van der Waals surface area contributed by atoms with E-state index in [4.69, 9.17) is 4.42 Å². The van der Waals surface area contributed by atoms with Crippen LogP contribution in [0.3, 0.4) is 0 Å². The maximum atomic E-state index is 12.4. The van der Waals surface area contributed by atoms with E-state index in [1.54, 1.807) is 6.07 Å². The molecule has 1 aromatic heterocycles. The summed E-state index contributed by atoms with van der Waals surface area (Å²) in [5.41, 5.74) is 3.34. The number of allylic oxidation sites excluding steroid dienone is 1. The van der Waals surface area contributed by atoms with Gasteiger partial charge in [-0.25, -0.2) is 4.79 Å². The molecule has 0 bridgehead atoms. The van der Waals surface area contributed by atoms with Crippen molar-refractivity contribution in [2.45, 2.75) is 53.0 Å². The summed E-state index contributed by atoms with van der Waals surface area (Å²) in [7, 11) is 2.04. The second-order valence-corrected chi connectivity index (χ2v) is 8.25. The van der Waals surface area contributed by atoms with Crippen molar-refractivity contribution in [1.29, 1.82) is 0 Å². The summed E-state index contributed by atoms with van der Waals surface area (Å²) in [5.74, 6) is 0.280. The fourth-order valence-electron chi connectivity index (χ4n) is 3.51. The van der Waals surface area contributed by atoms with Gasteiger partial charge < -0.3 is 9.32 Å². The minimum Gasteiger partial charge on any atom is -0.422 e. The van der Waals surface area contributed by atoms with Gasteiger partial charge in [-0.05, 0) is 50.8 Å². The van der Waals surface area contributed by atoms with Gasteiger partial charge in [0, 0.05) is 36.2 Å². The summed E-state index contributed by atoms with van der Waals surface area (Å²) < 4.78 is 5.52. The van der Waals surface area contributed by atoms with Gasteiger partial charge in [0.25, 0.3) is 0 Å². The van der Waals surface area contributed by atoms with Crippen LogP contribution in [0.4, 0.5) is 5.69 Å². The van der Waals surface area contributed by atoms with E-state index in [2.05, 4.69) is 45.6 Å². The number of carbonyl (C=O) groups excluding carboxylic acids is 1. The number of likely N-dealkylation sites (N-methyl/N-ethyl adjacent to an activating group) is 1. The van der Waals surface area contributed by atoms with Gasteiger partial charge in [-0.15, -0.1) is 0 Å². The summed E-state index contributed by atoms with van der Waals surface area (Å²) >= 11 is 0. The predicted octanol–water partition coefficient (Wildman–Crippen LogP) is 5.04. The molecule has 0 fully saturated rings. The lowest BCUT2D eigenvalue weighted by atomic mass is 9.88. The molecule has 3 rings (SSSR count). The van der Waals surface area contributed by atoms with Crippen LogP contribution in [-0.2, 0) is 0 Å². The Hall–Kier alpha value is -2.36. The minimum atomic E-state index is -0.545. The van der Waals surface area contributed by atoms with Crippen molar-refractivity contribution in [3.8, 4) is 0 Å². The highest BCUT2D eigenvalue weighted by Gasteiger charge is 2.29. The van der Waals surface area contributed by atoms with Crippen LogP contribution < -0.4 is 10.5 Å². The Bertz CT molecular complexity index is 963. The quantitative estimate of drug-likeness (QED) is 0.570. The Balaban J connectivity index is 2.11. The number of fused-ring (bicyclic) bond motifs is 2. The van der Waals surface area contributed by atoms with E-state index in [9.17, 15) is 9.59 Å². The molecule has 0 amide bonds. The van der Waals surface area contributed by atoms with Crippen LogP contribution in [0.25, 0.3) is 16.5 Å². The van der Waals surface area contributed by atoms with Gasteiger partial charge >= 0.3 is 5.63 Å². The van der Waals surface area contributed by atoms with E-state index in [-0.39, 0.29) is 16.9 Å². The molecule has 26 heavy (non-hydrogen) atoms. The van der Waals surface area contributed by atoms with E-state index in [1.807, 2.05) is 19.2 Å². The van der Waals surface area contributed by atoms with E-state index < -0.39 is 5.63 Å². The SMILES string of the molecule is CC1=CC(C)(C)N(C)c2cc3oc(=O)c(C(=O)CCC(C)C)cc3cc21. The molecule has 4 nitrogen and oxygen atoms in total. The van der Waals surface area contributed by atoms with Crippen LogP contribution >= 0.6 is 0 Å². The van der Waals surface area contributed by atoms with Crippen LogP contribution in [-0.4, -0.2) is 18.4 Å². The monoisotopic (exact) mass is 353 g/mol. The Morgan fingerprint density at radius 1 is 1.23 bits per heavy atom. The first-order chi connectivity index (χ1) is 12.1. The smallest absolute Gasteiger partial charge is 0.347 e. The lowest BCUT2D eigenvalue weighted by molar-refractivity contribution is 0.0972. The molecule has 0 saturated carbocycles. The Kier molecular flexibility index (Phi) is 4.55. The average molecular weight is 353 g/mol. The predicted molar refractivity (Wildman–Crippen MR) is 107 cm³/mol. The topological polar surface area (TPSA) is 50.5 Å². The second-order valence-electron chi connectivity index (χ2n) is 8.25. The van der Waals surface area contributed by atoms with Gasteiger partial charge in [-0.2, -0.15) is 0 Å². The molecular formula is C22H27NO3. The molecule has 1 aliphatic rings. The normalized spacial score (nSPS) is 16.0. The third-order valence-corrected chi connectivity index (χ3v) is 5.32. The minimum absolute atomic E-state index is 0.113. The van der Waals surface area contributed by atoms with Crippen molar-refractivity contribution < 1.29 is 9.21 Å². The van der Waals surface area contributed by atoms with Gasteiger partial charge in [0.15, 0.2) is 5.78 Å². The molecule has 0 atom stereocenters. The van der Waals surface area contributed by atoms with Crippen LogP contribution in [0.5, 0.6) is 0 Å². The van der Waals surface area contributed by atoms with E-state index >= 15 is 0 Å². The Labute approximate surface area is 154 Å². The zero-order valence-corrected chi connectivity index (χ0v) is 16.5. The summed E-state index contributed by atoms with van der Waals surface area (Å²) in [6.07, 6.45) is 3.37. The molecule has 2 aromatic rings. The highest BCUT2D eigenvalue weighted by molar-refractivity contribution is 5.99. The summed E-state index contributed by atoms with van der Waals surface area (Å²) in [5, 5.41) is 0.789. The number of rotatable bonds is 4. The van der Waals surface area contributed by atoms with Crippen LogP contribution in [0.1, 0.15) is 63.4 Å². The third-order valence-electron chi connectivity index (χ3n) is 5.32. The third kappa shape index (κ3) is 3.20. The van der Waals surface area contributed by atoms with Crippen LogP contribution in [0.15, 0.2) is 33.5 Å². The van der Waals surface area contributed by atoms with E-state index in [1.165, 1.54) is 5.57 Å². The van der Waals surface area contributed by atoms with Crippen molar-refractivity contribution in [3.63, 3.8) is 0 Å². The number of ketones is 1. The van der Waals surface area contributed by atoms with Gasteiger partial charge in [0.05, 0.1) is 5.54 Å². The molecule has 2 heterocycles. The molecule has 0 radical (unpaired) electrons. The Morgan fingerprint density at radius 2 is 1.92 bits per heavy atom.